The molecule has 0 heterocycles. The summed E-state index contributed by atoms with van der Waals surface area (Å²) in [6, 6.07) is 5.52. The molecule has 1 saturated carbocycles. The molecule has 1 aliphatic carbocycles. The lowest BCUT2D eigenvalue weighted by Gasteiger charge is -2.38. The van der Waals surface area contributed by atoms with Crippen LogP contribution in [0.25, 0.3) is 0 Å². The predicted octanol–water partition coefficient (Wildman–Crippen LogP) is 4.14. The molecule has 3 unspecified atom stereocenters. The molecule has 110 valence electrons. The SMILES string of the molecule is CC1CCC(C(C)C)C(c2cccc(N)c2C(=O)O)C1. The van der Waals surface area contributed by atoms with Crippen LogP contribution in [-0.4, -0.2) is 11.1 Å². The van der Waals surface area contributed by atoms with Gasteiger partial charge in [-0.1, -0.05) is 39.3 Å². The molecule has 2 rings (SSSR count). The summed E-state index contributed by atoms with van der Waals surface area (Å²) in [4.78, 5) is 11.6. The number of hydrogen-bond donors (Lipinski definition) is 2. The maximum Gasteiger partial charge on any atom is 0.338 e. The zero-order valence-electron chi connectivity index (χ0n) is 12.6. The van der Waals surface area contributed by atoms with E-state index >= 15 is 0 Å². The summed E-state index contributed by atoms with van der Waals surface area (Å²) in [7, 11) is 0. The average molecular weight is 275 g/mol. The van der Waals surface area contributed by atoms with Crippen molar-refractivity contribution in [2.75, 3.05) is 5.73 Å². The Morgan fingerprint density at radius 1 is 1.35 bits per heavy atom. The summed E-state index contributed by atoms with van der Waals surface area (Å²) >= 11 is 0. The summed E-state index contributed by atoms with van der Waals surface area (Å²) < 4.78 is 0. The van der Waals surface area contributed by atoms with E-state index in [1.54, 1.807) is 6.07 Å². The van der Waals surface area contributed by atoms with Crippen molar-refractivity contribution >= 4 is 11.7 Å². The largest absolute Gasteiger partial charge is 0.478 e. The molecule has 0 saturated heterocycles. The molecule has 1 fully saturated rings. The minimum atomic E-state index is -0.904. The number of carboxylic acid groups (broad SMARTS) is 1. The molecular formula is C17H25NO2. The summed E-state index contributed by atoms with van der Waals surface area (Å²) in [5, 5.41) is 9.49. The zero-order valence-corrected chi connectivity index (χ0v) is 12.6. The third-order valence-electron chi connectivity index (χ3n) is 4.76. The standard InChI is InChI=1S/C17H25NO2/c1-10(2)12-8-7-11(3)9-14(12)13-5-4-6-15(18)16(13)17(19)20/h4-6,10-12,14H,7-9,18H2,1-3H3,(H,19,20). The molecule has 0 spiro atoms. The third kappa shape index (κ3) is 2.82. The first-order chi connectivity index (χ1) is 9.41. The number of hydrogen-bond acceptors (Lipinski definition) is 2. The van der Waals surface area contributed by atoms with Gasteiger partial charge in [-0.05, 0) is 48.1 Å². The fraction of sp³-hybridized carbons (Fsp3) is 0.588. The van der Waals surface area contributed by atoms with Crippen LogP contribution in [0.5, 0.6) is 0 Å². The smallest absolute Gasteiger partial charge is 0.338 e. The van der Waals surface area contributed by atoms with Crippen molar-refractivity contribution in [1.29, 1.82) is 0 Å². The van der Waals surface area contributed by atoms with Gasteiger partial charge in [0.1, 0.15) is 0 Å². The second kappa shape index (κ2) is 5.86. The molecule has 0 amide bonds. The first kappa shape index (κ1) is 14.9. The van der Waals surface area contributed by atoms with Gasteiger partial charge in [0.15, 0.2) is 0 Å². The van der Waals surface area contributed by atoms with Gasteiger partial charge in [0.05, 0.1) is 5.56 Å². The van der Waals surface area contributed by atoms with E-state index in [4.69, 9.17) is 5.73 Å². The molecule has 1 aromatic rings. The molecule has 0 bridgehead atoms. The summed E-state index contributed by atoms with van der Waals surface area (Å²) in [6.45, 7) is 6.73. The van der Waals surface area contributed by atoms with Crippen molar-refractivity contribution in [3.05, 3.63) is 29.3 Å². The molecule has 1 aliphatic rings. The molecule has 0 radical (unpaired) electrons. The van der Waals surface area contributed by atoms with Crippen LogP contribution in [0.1, 0.15) is 61.9 Å². The van der Waals surface area contributed by atoms with E-state index in [1.807, 2.05) is 12.1 Å². The Kier molecular flexibility index (Phi) is 4.36. The normalized spacial score (nSPS) is 26.7. The molecule has 0 aliphatic heterocycles. The minimum absolute atomic E-state index is 0.313. The van der Waals surface area contributed by atoms with Crippen LogP contribution in [0.3, 0.4) is 0 Å². The molecule has 3 N–H and O–H groups in total. The predicted molar refractivity (Wildman–Crippen MR) is 81.9 cm³/mol. The highest BCUT2D eigenvalue weighted by Crippen LogP contribution is 2.45. The quantitative estimate of drug-likeness (QED) is 0.815. The lowest BCUT2D eigenvalue weighted by molar-refractivity contribution is 0.0694. The Morgan fingerprint density at radius 3 is 2.65 bits per heavy atom. The van der Waals surface area contributed by atoms with Crippen LogP contribution in [-0.2, 0) is 0 Å². The molecule has 3 heteroatoms. The van der Waals surface area contributed by atoms with E-state index in [0.29, 0.717) is 34.9 Å². The Labute approximate surface area is 121 Å². The van der Waals surface area contributed by atoms with Gasteiger partial charge in [-0.3, -0.25) is 0 Å². The minimum Gasteiger partial charge on any atom is -0.478 e. The number of anilines is 1. The number of rotatable bonds is 3. The van der Waals surface area contributed by atoms with Crippen LogP contribution in [0, 0.1) is 17.8 Å². The number of benzene rings is 1. The van der Waals surface area contributed by atoms with Crippen molar-refractivity contribution < 1.29 is 9.90 Å². The topological polar surface area (TPSA) is 63.3 Å². The van der Waals surface area contributed by atoms with E-state index in [2.05, 4.69) is 20.8 Å². The second-order valence-corrected chi connectivity index (χ2v) is 6.55. The molecule has 0 aromatic heterocycles. The number of aromatic carboxylic acids is 1. The summed E-state index contributed by atoms with van der Waals surface area (Å²) in [6.07, 6.45) is 3.48. The number of nitrogen functional groups attached to an aromatic ring is 1. The van der Waals surface area contributed by atoms with E-state index in [0.717, 1.165) is 12.0 Å². The summed E-state index contributed by atoms with van der Waals surface area (Å²) in [5.74, 6) is 1.17. The van der Waals surface area contributed by atoms with Gasteiger partial charge in [-0.25, -0.2) is 4.79 Å². The van der Waals surface area contributed by atoms with Gasteiger partial charge >= 0.3 is 5.97 Å². The third-order valence-corrected chi connectivity index (χ3v) is 4.76. The average Bonchev–Trinajstić information content (AvgIpc) is 2.37. The fourth-order valence-electron chi connectivity index (χ4n) is 3.70. The molecule has 20 heavy (non-hydrogen) atoms. The maximum absolute atomic E-state index is 11.6. The highest BCUT2D eigenvalue weighted by atomic mass is 16.4. The lowest BCUT2D eigenvalue weighted by Crippen LogP contribution is -2.27. The molecule has 3 nitrogen and oxygen atoms in total. The van der Waals surface area contributed by atoms with Gasteiger partial charge in [-0.15, -0.1) is 0 Å². The van der Waals surface area contributed by atoms with Crippen molar-refractivity contribution in [2.45, 2.75) is 46.0 Å². The monoisotopic (exact) mass is 275 g/mol. The van der Waals surface area contributed by atoms with Gasteiger partial charge in [0.2, 0.25) is 0 Å². The lowest BCUT2D eigenvalue weighted by atomic mass is 9.67. The van der Waals surface area contributed by atoms with Crippen LogP contribution in [0.2, 0.25) is 0 Å². The van der Waals surface area contributed by atoms with Gasteiger partial charge in [-0.2, -0.15) is 0 Å². The Hall–Kier alpha value is -1.51. The van der Waals surface area contributed by atoms with Crippen LogP contribution >= 0.6 is 0 Å². The van der Waals surface area contributed by atoms with Crippen molar-refractivity contribution in [3.63, 3.8) is 0 Å². The van der Waals surface area contributed by atoms with Gasteiger partial charge < -0.3 is 10.8 Å². The summed E-state index contributed by atoms with van der Waals surface area (Å²) in [5.41, 5.74) is 7.54. The van der Waals surface area contributed by atoms with E-state index in [1.165, 1.54) is 12.8 Å². The number of carboxylic acids is 1. The van der Waals surface area contributed by atoms with Crippen LogP contribution < -0.4 is 5.73 Å². The van der Waals surface area contributed by atoms with Crippen LogP contribution in [0.15, 0.2) is 18.2 Å². The molecule has 1 aromatic carbocycles. The number of carbonyl (C=O) groups is 1. The zero-order chi connectivity index (χ0) is 14.9. The Morgan fingerprint density at radius 2 is 2.05 bits per heavy atom. The first-order valence-electron chi connectivity index (χ1n) is 7.53. The van der Waals surface area contributed by atoms with Crippen LogP contribution in [0.4, 0.5) is 5.69 Å². The second-order valence-electron chi connectivity index (χ2n) is 6.55. The van der Waals surface area contributed by atoms with E-state index < -0.39 is 5.97 Å². The van der Waals surface area contributed by atoms with Crippen molar-refractivity contribution in [2.24, 2.45) is 17.8 Å². The van der Waals surface area contributed by atoms with E-state index in [9.17, 15) is 9.90 Å². The van der Waals surface area contributed by atoms with Crippen molar-refractivity contribution in [3.8, 4) is 0 Å². The van der Waals surface area contributed by atoms with Crippen molar-refractivity contribution in [1.82, 2.24) is 0 Å². The number of nitrogens with two attached hydrogens (primary N) is 1. The van der Waals surface area contributed by atoms with E-state index in [-0.39, 0.29) is 0 Å². The van der Waals surface area contributed by atoms with Gasteiger partial charge in [0.25, 0.3) is 0 Å². The molecular weight excluding hydrogens is 250 g/mol. The first-order valence-corrected chi connectivity index (χ1v) is 7.53. The Balaban J connectivity index is 2.46. The molecule has 3 atom stereocenters. The maximum atomic E-state index is 11.6. The van der Waals surface area contributed by atoms with Gasteiger partial charge in [0, 0.05) is 5.69 Å². The highest BCUT2D eigenvalue weighted by molar-refractivity contribution is 5.95. The Bertz CT molecular complexity index is 496. The fourth-order valence-corrected chi connectivity index (χ4v) is 3.70. The highest BCUT2D eigenvalue weighted by Gasteiger charge is 2.34.